The van der Waals surface area contributed by atoms with E-state index in [1.165, 1.54) is 25.3 Å². The first kappa shape index (κ1) is 18.6. The Labute approximate surface area is 154 Å². The highest BCUT2D eigenvalue weighted by atomic mass is 19.3. The molecule has 2 aromatic carbocycles. The van der Waals surface area contributed by atoms with Crippen molar-refractivity contribution in [2.45, 2.75) is 13.3 Å². The van der Waals surface area contributed by atoms with Crippen LogP contribution in [0.1, 0.15) is 12.5 Å². The van der Waals surface area contributed by atoms with Gasteiger partial charge in [-0.25, -0.2) is 4.39 Å². The molecule has 1 unspecified atom stereocenters. The molecule has 138 valence electrons. The molecule has 3 aromatic rings. The molecule has 6 heteroatoms. The van der Waals surface area contributed by atoms with E-state index in [1.807, 2.05) is 6.07 Å². The normalized spacial score (nSPS) is 13.0. The fourth-order valence-electron chi connectivity index (χ4n) is 2.92. The van der Waals surface area contributed by atoms with Crippen LogP contribution >= 0.6 is 0 Å². The number of hydrogen-bond acceptors (Lipinski definition) is 2. The van der Waals surface area contributed by atoms with Gasteiger partial charge in [-0.15, -0.1) is 0 Å². The van der Waals surface area contributed by atoms with Crippen LogP contribution in [-0.2, 0) is 11.2 Å². The van der Waals surface area contributed by atoms with Gasteiger partial charge >= 0.3 is 0 Å². The average Bonchev–Trinajstić information content (AvgIpc) is 2.62. The van der Waals surface area contributed by atoms with Crippen LogP contribution in [0.3, 0.4) is 0 Å². The number of para-hydroxylation sites is 1. The predicted octanol–water partition coefficient (Wildman–Crippen LogP) is 5.34. The number of amides is 1. The number of nitrogens with one attached hydrogen (secondary N) is 1. The SMILES string of the molecule is CC(C=C(F)F)(Cc1ccccc1)C(=O)Nc1cnc2c(F)cccc2c1. The first-order valence-electron chi connectivity index (χ1n) is 8.31. The van der Waals surface area contributed by atoms with Gasteiger partial charge in [0.05, 0.1) is 17.3 Å². The maximum absolute atomic E-state index is 13.7. The Balaban J connectivity index is 1.89. The van der Waals surface area contributed by atoms with Crippen molar-refractivity contribution in [1.29, 1.82) is 0 Å². The number of fused-ring (bicyclic) bond motifs is 1. The molecule has 1 aromatic heterocycles. The molecule has 0 bridgehead atoms. The van der Waals surface area contributed by atoms with Crippen LogP contribution in [0.2, 0.25) is 0 Å². The minimum absolute atomic E-state index is 0.104. The third kappa shape index (κ3) is 4.34. The van der Waals surface area contributed by atoms with Gasteiger partial charge in [0, 0.05) is 5.39 Å². The van der Waals surface area contributed by atoms with Crippen LogP contribution in [0.4, 0.5) is 18.9 Å². The van der Waals surface area contributed by atoms with Gasteiger partial charge in [-0.3, -0.25) is 9.78 Å². The number of carbonyl (C=O) groups is 1. The molecule has 0 aliphatic carbocycles. The van der Waals surface area contributed by atoms with Crippen LogP contribution < -0.4 is 5.32 Å². The highest BCUT2D eigenvalue weighted by molar-refractivity contribution is 5.98. The zero-order valence-corrected chi connectivity index (χ0v) is 14.5. The van der Waals surface area contributed by atoms with Crippen molar-refractivity contribution in [2.24, 2.45) is 5.41 Å². The molecule has 0 radical (unpaired) electrons. The second-order valence-corrected chi connectivity index (χ2v) is 6.50. The molecule has 1 heterocycles. The molecule has 1 atom stereocenters. The maximum Gasteiger partial charge on any atom is 0.267 e. The number of pyridine rings is 1. The molecular weight excluding hydrogens is 353 g/mol. The quantitative estimate of drug-likeness (QED) is 0.659. The number of nitrogens with zero attached hydrogens (tertiary/aromatic N) is 1. The molecule has 3 rings (SSSR count). The summed E-state index contributed by atoms with van der Waals surface area (Å²) in [7, 11) is 0. The van der Waals surface area contributed by atoms with Crippen molar-refractivity contribution in [2.75, 3.05) is 5.32 Å². The lowest BCUT2D eigenvalue weighted by molar-refractivity contribution is -0.122. The summed E-state index contributed by atoms with van der Waals surface area (Å²) in [6.07, 6.45) is 0.139. The second kappa shape index (κ2) is 7.61. The first-order chi connectivity index (χ1) is 12.9. The third-order valence-corrected chi connectivity index (χ3v) is 4.28. The van der Waals surface area contributed by atoms with E-state index in [9.17, 15) is 18.0 Å². The number of benzene rings is 2. The lowest BCUT2D eigenvalue weighted by Gasteiger charge is -2.24. The molecular formula is C21H17F3N2O. The first-order valence-corrected chi connectivity index (χ1v) is 8.31. The van der Waals surface area contributed by atoms with Gasteiger partial charge in [-0.1, -0.05) is 42.5 Å². The molecule has 0 fully saturated rings. The van der Waals surface area contributed by atoms with Crippen molar-refractivity contribution in [1.82, 2.24) is 4.98 Å². The van der Waals surface area contributed by atoms with E-state index in [0.29, 0.717) is 17.1 Å². The summed E-state index contributed by atoms with van der Waals surface area (Å²) < 4.78 is 39.7. The molecule has 3 nitrogen and oxygen atoms in total. The fourth-order valence-corrected chi connectivity index (χ4v) is 2.92. The predicted molar refractivity (Wildman–Crippen MR) is 98.9 cm³/mol. The minimum Gasteiger partial charge on any atom is -0.324 e. The molecule has 27 heavy (non-hydrogen) atoms. The Morgan fingerprint density at radius 2 is 1.89 bits per heavy atom. The Morgan fingerprint density at radius 3 is 2.59 bits per heavy atom. The van der Waals surface area contributed by atoms with Gasteiger partial charge in [0.25, 0.3) is 6.08 Å². The largest absolute Gasteiger partial charge is 0.324 e. The topological polar surface area (TPSA) is 42.0 Å². The number of aromatic nitrogens is 1. The van der Waals surface area contributed by atoms with Crippen LogP contribution in [0.15, 0.2) is 73.0 Å². The van der Waals surface area contributed by atoms with Crippen molar-refractivity contribution in [3.8, 4) is 0 Å². The zero-order chi connectivity index (χ0) is 19.4. The standard InChI is InChI=1S/C21H17F3N2O/c1-21(12-18(23)24,11-14-6-3-2-4-7-14)20(27)26-16-10-15-8-5-9-17(22)19(15)25-13-16/h2-10,12-13H,11H2,1H3,(H,26,27). The third-order valence-electron chi connectivity index (χ3n) is 4.28. The highest BCUT2D eigenvalue weighted by Gasteiger charge is 2.33. The van der Waals surface area contributed by atoms with Gasteiger partial charge in [0.2, 0.25) is 5.91 Å². The van der Waals surface area contributed by atoms with Crippen LogP contribution in [-0.4, -0.2) is 10.9 Å². The lowest BCUT2D eigenvalue weighted by Crippen LogP contribution is -2.34. The van der Waals surface area contributed by atoms with E-state index in [4.69, 9.17) is 0 Å². The summed E-state index contributed by atoms with van der Waals surface area (Å²) in [5, 5.41) is 3.12. The van der Waals surface area contributed by atoms with Gasteiger partial charge in [-0.05, 0) is 37.1 Å². The molecule has 0 saturated heterocycles. The van der Waals surface area contributed by atoms with Crippen molar-refractivity contribution >= 4 is 22.5 Å². The number of halogens is 3. The lowest BCUT2D eigenvalue weighted by atomic mass is 9.82. The number of rotatable bonds is 5. The Hall–Kier alpha value is -3.15. The summed E-state index contributed by atoms with van der Waals surface area (Å²) in [5.41, 5.74) is -0.217. The van der Waals surface area contributed by atoms with E-state index in [-0.39, 0.29) is 11.9 Å². The van der Waals surface area contributed by atoms with Gasteiger partial charge < -0.3 is 5.32 Å². The van der Waals surface area contributed by atoms with Crippen LogP contribution in [0.25, 0.3) is 10.9 Å². The molecule has 0 aliphatic heterocycles. The van der Waals surface area contributed by atoms with E-state index < -0.39 is 23.2 Å². The number of hydrogen-bond donors (Lipinski definition) is 1. The van der Waals surface area contributed by atoms with Crippen molar-refractivity contribution in [3.05, 3.63) is 84.3 Å². The number of anilines is 1. The van der Waals surface area contributed by atoms with Crippen LogP contribution in [0, 0.1) is 11.2 Å². The van der Waals surface area contributed by atoms with E-state index in [2.05, 4.69) is 10.3 Å². The average molecular weight is 370 g/mol. The van der Waals surface area contributed by atoms with Gasteiger partial charge in [0.15, 0.2) is 0 Å². The molecule has 0 aliphatic rings. The summed E-state index contributed by atoms with van der Waals surface area (Å²) in [6, 6.07) is 15.0. The fraction of sp³-hybridized carbons (Fsp3) is 0.143. The Bertz CT molecular complexity index is 1000. The van der Waals surface area contributed by atoms with Gasteiger partial charge in [-0.2, -0.15) is 8.78 Å². The molecule has 0 spiro atoms. The molecule has 0 saturated carbocycles. The van der Waals surface area contributed by atoms with E-state index in [0.717, 1.165) is 5.56 Å². The smallest absolute Gasteiger partial charge is 0.267 e. The van der Waals surface area contributed by atoms with Crippen LogP contribution in [0.5, 0.6) is 0 Å². The van der Waals surface area contributed by atoms with E-state index >= 15 is 0 Å². The second-order valence-electron chi connectivity index (χ2n) is 6.50. The van der Waals surface area contributed by atoms with Crippen molar-refractivity contribution < 1.29 is 18.0 Å². The van der Waals surface area contributed by atoms with E-state index in [1.54, 1.807) is 36.4 Å². The summed E-state index contributed by atoms with van der Waals surface area (Å²) >= 11 is 0. The minimum atomic E-state index is -1.93. The Kier molecular flexibility index (Phi) is 5.26. The summed E-state index contributed by atoms with van der Waals surface area (Å²) in [6.45, 7) is 1.45. The monoisotopic (exact) mass is 370 g/mol. The Morgan fingerprint density at radius 1 is 1.15 bits per heavy atom. The number of carbonyl (C=O) groups excluding carboxylic acids is 1. The summed E-state index contributed by atoms with van der Waals surface area (Å²) in [5.74, 6) is -1.07. The molecule has 1 N–H and O–H groups in total. The van der Waals surface area contributed by atoms with Gasteiger partial charge in [0.1, 0.15) is 11.3 Å². The zero-order valence-electron chi connectivity index (χ0n) is 14.5. The van der Waals surface area contributed by atoms with Crippen molar-refractivity contribution in [3.63, 3.8) is 0 Å². The summed E-state index contributed by atoms with van der Waals surface area (Å²) in [4.78, 5) is 16.8. The molecule has 1 amide bonds. The highest BCUT2D eigenvalue weighted by Crippen LogP contribution is 2.29. The maximum atomic E-state index is 13.7.